The predicted octanol–water partition coefficient (Wildman–Crippen LogP) is 3.83. The summed E-state index contributed by atoms with van der Waals surface area (Å²) in [6, 6.07) is -2.08. The van der Waals surface area contributed by atoms with Gasteiger partial charge in [0.15, 0.2) is 17.9 Å². The molecule has 0 aliphatic heterocycles. The molecule has 3 saturated carbocycles. The van der Waals surface area contributed by atoms with Crippen LogP contribution in [0.4, 0.5) is 4.79 Å². The lowest BCUT2D eigenvalue weighted by atomic mass is 9.47. The lowest BCUT2D eigenvalue weighted by Crippen LogP contribution is -2.55. The van der Waals surface area contributed by atoms with Crippen molar-refractivity contribution in [3.05, 3.63) is 11.6 Å². The smallest absolute Gasteiger partial charge is 0.407 e. The molecule has 0 spiro atoms. The number of fused-ring (bicyclic) bond motifs is 5. The predicted molar refractivity (Wildman–Crippen MR) is 319 cm³/mol. The number of hydrogen-bond acceptors (Lipinski definition) is 11. The topological polar surface area (TPSA) is 385 Å². The molecule has 12 unspecified atom stereocenters. The number of quaternary nitrogens is 1. The SMILES string of the molecule is CC(C)CCCC(C)C1CCC2C3CC=C4CC(OC(=O)NCCC[N+](CCCCC(=O)C(N)CCCN=C(N)N)(CCCNC(=O)C(N)CCCN=C(N)N)CCNC(=O)C(N)CCCN=C(N)N)CCC4(C)C3CCC12C. The minimum atomic E-state index is -0.745. The Morgan fingerprint density at radius 1 is 0.620 bits per heavy atom. The second kappa shape index (κ2) is 33.3. The fraction of sp³-hybridized carbons (Fsp3) is 0.845. The number of nitrogens with two attached hydrogens (primary N) is 9. The van der Waals surface area contributed by atoms with Crippen LogP contribution in [-0.2, 0) is 19.1 Å². The van der Waals surface area contributed by atoms with Gasteiger partial charge in [0.25, 0.3) is 0 Å². The minimum absolute atomic E-state index is 0.00333. The van der Waals surface area contributed by atoms with Crippen molar-refractivity contribution in [2.75, 3.05) is 65.4 Å². The van der Waals surface area contributed by atoms with Gasteiger partial charge in [0.1, 0.15) is 11.9 Å². The lowest BCUT2D eigenvalue weighted by Gasteiger charge is -2.58. The van der Waals surface area contributed by atoms with Crippen molar-refractivity contribution in [2.24, 2.45) is 113 Å². The van der Waals surface area contributed by atoms with Gasteiger partial charge in [0.2, 0.25) is 11.8 Å². The van der Waals surface area contributed by atoms with Crippen molar-refractivity contribution in [1.82, 2.24) is 16.0 Å². The Morgan fingerprint density at radius 3 is 1.76 bits per heavy atom. The van der Waals surface area contributed by atoms with Gasteiger partial charge >= 0.3 is 6.09 Å². The molecule has 4 rings (SSSR count). The number of aliphatic imine (C=N–C) groups is 3. The van der Waals surface area contributed by atoms with Crippen LogP contribution in [0.1, 0.15) is 176 Å². The number of carbonyl (C=O) groups excluding carboxylic acids is 4. The average molecular weight is 1110 g/mol. The molecule has 79 heavy (non-hydrogen) atoms. The Kier molecular flexibility index (Phi) is 28.1. The Hall–Kier alpha value is -4.73. The highest BCUT2D eigenvalue weighted by Gasteiger charge is 2.59. The van der Waals surface area contributed by atoms with Gasteiger partial charge < -0.3 is 76.8 Å². The van der Waals surface area contributed by atoms with E-state index in [0.29, 0.717) is 152 Å². The van der Waals surface area contributed by atoms with Crippen molar-refractivity contribution < 1.29 is 28.4 Å². The molecular formula is C58H111N16O5+. The van der Waals surface area contributed by atoms with Gasteiger partial charge in [-0.15, -0.1) is 0 Å². The number of nitrogens with one attached hydrogen (secondary N) is 3. The van der Waals surface area contributed by atoms with Crippen molar-refractivity contribution >= 4 is 41.6 Å². The minimum Gasteiger partial charge on any atom is -0.446 e. The summed E-state index contributed by atoms with van der Waals surface area (Å²) in [7, 11) is 0. The molecule has 452 valence electrons. The molecule has 0 aromatic heterocycles. The van der Waals surface area contributed by atoms with Crippen molar-refractivity contribution in [2.45, 2.75) is 200 Å². The van der Waals surface area contributed by atoms with Gasteiger partial charge in [0, 0.05) is 58.4 Å². The van der Waals surface area contributed by atoms with E-state index < -0.39 is 24.2 Å². The molecule has 3 fully saturated rings. The zero-order chi connectivity index (χ0) is 58.2. The fourth-order valence-electron chi connectivity index (χ4n) is 14.4. The molecule has 0 aromatic carbocycles. The molecule has 4 aliphatic rings. The maximum Gasteiger partial charge on any atom is 0.407 e. The number of carbonyl (C=O) groups is 4. The average Bonchev–Trinajstić information content (AvgIpc) is 3.97. The van der Waals surface area contributed by atoms with Gasteiger partial charge in [-0.1, -0.05) is 65.5 Å². The van der Waals surface area contributed by atoms with E-state index in [1.54, 1.807) is 0 Å². The molecule has 0 saturated heterocycles. The van der Waals surface area contributed by atoms with E-state index in [9.17, 15) is 19.2 Å². The third-order valence-corrected chi connectivity index (χ3v) is 18.9. The zero-order valence-electron chi connectivity index (χ0n) is 49.5. The van der Waals surface area contributed by atoms with Crippen LogP contribution in [0, 0.1) is 46.3 Å². The first-order valence-electron chi connectivity index (χ1n) is 30.5. The van der Waals surface area contributed by atoms with Gasteiger partial charge in [-0.3, -0.25) is 29.4 Å². The monoisotopic (exact) mass is 1110 g/mol. The number of rotatable bonds is 37. The number of ether oxygens (including phenoxy) is 1. The second-order valence-corrected chi connectivity index (χ2v) is 25.1. The quantitative estimate of drug-likeness (QED) is 0.0138. The number of guanidine groups is 3. The first-order valence-corrected chi connectivity index (χ1v) is 30.5. The Morgan fingerprint density at radius 2 is 1.18 bits per heavy atom. The van der Waals surface area contributed by atoms with Crippen molar-refractivity contribution in [3.8, 4) is 0 Å². The van der Waals surface area contributed by atoms with Gasteiger partial charge in [-0.25, -0.2) is 4.79 Å². The molecule has 21 N–H and O–H groups in total. The molecule has 0 radical (unpaired) electrons. The van der Waals surface area contributed by atoms with E-state index in [2.05, 4.69) is 71.6 Å². The summed E-state index contributed by atoms with van der Waals surface area (Å²) in [5.41, 5.74) is 53.6. The molecule has 3 amide bonds. The number of alkyl carbamates (subject to hydrolysis) is 1. The van der Waals surface area contributed by atoms with Crippen LogP contribution in [0.5, 0.6) is 0 Å². The van der Waals surface area contributed by atoms with E-state index in [4.69, 9.17) is 56.3 Å². The third-order valence-electron chi connectivity index (χ3n) is 18.9. The number of unbranched alkanes of at least 4 members (excludes halogenated alkanes) is 1. The summed E-state index contributed by atoms with van der Waals surface area (Å²) in [6.45, 7) is 17.2. The second-order valence-electron chi connectivity index (χ2n) is 25.1. The Bertz CT molecular complexity index is 1970. The summed E-state index contributed by atoms with van der Waals surface area (Å²) in [5, 5.41) is 9.12. The summed E-state index contributed by atoms with van der Waals surface area (Å²) in [5.74, 6) is 4.04. The van der Waals surface area contributed by atoms with Crippen LogP contribution in [0.25, 0.3) is 0 Å². The standard InChI is InChI=1S/C58H110N16O5/c1-39(2)14-8-15-40(3)44-22-23-45-43-21-20-41-38-42(24-26-57(41,4)46(43)25-27-58(44,45)5)79-56(78)73-32-13-36-74(37-33-69-52(77)49(61)18-11-30-72-55(66)67,34-7-6-19-50(75)47(59)16-9-28-70-53(62)63)35-12-31-68-51(76)48(60)17-10-29-71-54(64)65/h20,39-40,42-49H,6-19,21-38,59-61H2,1-5H3,(H14-,62,63,64,65,66,67,68,69,70,71,72,73,76,77,78)/p+1. The first-order chi connectivity index (χ1) is 37.5. The van der Waals surface area contributed by atoms with Gasteiger partial charge in [-0.05, 0) is 143 Å². The molecule has 0 bridgehead atoms. The van der Waals surface area contributed by atoms with E-state index in [1.807, 2.05) is 0 Å². The highest BCUT2D eigenvalue weighted by molar-refractivity contribution is 5.84. The van der Waals surface area contributed by atoms with Crippen molar-refractivity contribution in [3.63, 3.8) is 0 Å². The van der Waals surface area contributed by atoms with Gasteiger partial charge in [0.05, 0.1) is 50.8 Å². The molecular weight excluding hydrogens is 1000 g/mol. The summed E-state index contributed by atoms with van der Waals surface area (Å²) in [6.07, 6.45) is 21.1. The molecule has 4 aliphatic carbocycles. The highest BCUT2D eigenvalue weighted by Crippen LogP contribution is 2.67. The summed E-state index contributed by atoms with van der Waals surface area (Å²) in [4.78, 5) is 65.0. The van der Waals surface area contributed by atoms with E-state index in [0.717, 1.165) is 55.3 Å². The van der Waals surface area contributed by atoms with E-state index in [1.165, 1.54) is 50.5 Å². The summed E-state index contributed by atoms with van der Waals surface area (Å²) >= 11 is 0. The molecule has 21 heteroatoms. The van der Waals surface area contributed by atoms with Crippen LogP contribution in [0.15, 0.2) is 26.6 Å². The summed E-state index contributed by atoms with van der Waals surface area (Å²) < 4.78 is 6.76. The van der Waals surface area contributed by atoms with Crippen LogP contribution in [0.2, 0.25) is 0 Å². The maximum absolute atomic E-state index is 13.6. The maximum atomic E-state index is 13.6. The van der Waals surface area contributed by atoms with Crippen LogP contribution >= 0.6 is 0 Å². The Labute approximate surface area is 474 Å². The first kappa shape index (κ1) is 66.8. The normalized spacial score (nSPS) is 25.6. The number of ketones is 1. The van der Waals surface area contributed by atoms with Crippen molar-refractivity contribution in [1.29, 1.82) is 0 Å². The van der Waals surface area contributed by atoms with E-state index >= 15 is 0 Å². The van der Waals surface area contributed by atoms with Crippen LogP contribution in [-0.4, -0.2) is 136 Å². The fourth-order valence-corrected chi connectivity index (χ4v) is 14.4. The lowest BCUT2D eigenvalue weighted by molar-refractivity contribution is -0.927. The molecule has 0 aromatic rings. The number of nitrogens with zero attached hydrogens (tertiary/aromatic N) is 4. The molecule has 0 heterocycles. The number of amides is 3. The zero-order valence-corrected chi connectivity index (χ0v) is 49.5. The number of hydrogen-bond donors (Lipinski definition) is 12. The largest absolute Gasteiger partial charge is 0.446 e. The Balaban J connectivity index is 1.39. The molecule has 21 nitrogen and oxygen atoms in total. The molecule has 12 atom stereocenters. The number of Topliss-reactive ketones (excluding diaryl/α,β-unsaturated/α-hetero) is 1. The van der Waals surface area contributed by atoms with Crippen LogP contribution < -0.4 is 67.6 Å². The van der Waals surface area contributed by atoms with Crippen LogP contribution in [0.3, 0.4) is 0 Å². The van der Waals surface area contributed by atoms with E-state index in [-0.39, 0.29) is 47.0 Å². The third kappa shape index (κ3) is 21.6. The van der Waals surface area contributed by atoms with Gasteiger partial charge in [-0.2, -0.15) is 0 Å². The number of allylic oxidation sites excluding steroid dienone is 1. The highest BCUT2D eigenvalue weighted by atomic mass is 16.6.